The first-order valence-electron chi connectivity index (χ1n) is 9.15. The second-order valence-electron chi connectivity index (χ2n) is 8.27. The number of halogens is 1. The number of aryl methyl sites for hydroxylation is 1. The molecule has 4 nitrogen and oxygen atoms in total. The van der Waals surface area contributed by atoms with Crippen LogP contribution >= 0.6 is 0 Å². The van der Waals surface area contributed by atoms with Crippen LogP contribution in [0, 0.1) is 12.7 Å². The second kappa shape index (κ2) is 8.12. The Bertz CT molecular complexity index is 571. The Kier molecular flexibility index (Phi) is 6.60. The first kappa shape index (κ1) is 20.3. The number of nitrogens with one attached hydrogen (secondary N) is 1. The molecule has 1 fully saturated rings. The number of ether oxygens (including phenoxy) is 1. The van der Waals surface area contributed by atoms with Crippen LogP contribution in [0.1, 0.15) is 45.7 Å². The summed E-state index contributed by atoms with van der Waals surface area (Å²) in [7, 11) is 0. The molecule has 0 aliphatic carbocycles. The molecule has 4 unspecified atom stereocenters. The zero-order chi connectivity index (χ0) is 18.8. The molecule has 25 heavy (non-hydrogen) atoms. The topological polar surface area (TPSA) is 44.7 Å². The van der Waals surface area contributed by atoms with Crippen molar-refractivity contribution >= 4 is 0 Å². The molecule has 0 bridgehead atoms. The fourth-order valence-electron chi connectivity index (χ4n) is 3.43. The van der Waals surface area contributed by atoms with Crippen LogP contribution < -0.4 is 5.32 Å². The van der Waals surface area contributed by atoms with E-state index in [1.807, 2.05) is 19.1 Å². The molecule has 1 aliphatic heterocycles. The van der Waals surface area contributed by atoms with Gasteiger partial charge in [0, 0.05) is 31.7 Å². The summed E-state index contributed by atoms with van der Waals surface area (Å²) in [6.07, 6.45) is -0.408. The quantitative estimate of drug-likeness (QED) is 0.855. The average Bonchev–Trinajstić information content (AvgIpc) is 2.49. The Morgan fingerprint density at radius 2 is 2.04 bits per heavy atom. The molecule has 1 aromatic carbocycles. The first-order valence-corrected chi connectivity index (χ1v) is 9.15. The minimum absolute atomic E-state index is 0.00227. The second-order valence-corrected chi connectivity index (χ2v) is 8.27. The lowest BCUT2D eigenvalue weighted by Crippen LogP contribution is -2.62. The molecule has 0 aromatic heterocycles. The van der Waals surface area contributed by atoms with Crippen molar-refractivity contribution in [2.75, 3.05) is 13.1 Å². The van der Waals surface area contributed by atoms with Gasteiger partial charge in [-0.2, -0.15) is 0 Å². The standard InChI is InChI=1S/C20H33FN2O2/c1-13-7-8-16(9-17(13)21)11-23-12-18(15(3)25-20(4,5)6)22-10-19(23)14(2)24/h7-9,14-15,18-19,22,24H,10-12H2,1-6H3. The minimum Gasteiger partial charge on any atom is -0.392 e. The van der Waals surface area contributed by atoms with Crippen LogP contribution in [0.4, 0.5) is 4.39 Å². The smallest absolute Gasteiger partial charge is 0.126 e. The van der Waals surface area contributed by atoms with Gasteiger partial charge in [-0.25, -0.2) is 4.39 Å². The summed E-state index contributed by atoms with van der Waals surface area (Å²) in [5.74, 6) is -0.179. The molecule has 0 spiro atoms. The van der Waals surface area contributed by atoms with Crippen molar-refractivity contribution in [1.29, 1.82) is 0 Å². The van der Waals surface area contributed by atoms with Crippen LogP contribution in [0.25, 0.3) is 0 Å². The number of aliphatic hydroxyl groups is 1. The predicted octanol–water partition coefficient (Wildman–Crippen LogP) is 2.86. The van der Waals surface area contributed by atoms with E-state index in [0.29, 0.717) is 18.7 Å². The Hall–Kier alpha value is -1.01. The van der Waals surface area contributed by atoms with E-state index < -0.39 is 6.10 Å². The van der Waals surface area contributed by atoms with Gasteiger partial charge in [0.15, 0.2) is 0 Å². The van der Waals surface area contributed by atoms with Crippen molar-refractivity contribution < 1.29 is 14.2 Å². The fourth-order valence-corrected chi connectivity index (χ4v) is 3.43. The third-order valence-corrected chi connectivity index (χ3v) is 4.77. The number of rotatable bonds is 5. The number of benzene rings is 1. The molecule has 2 N–H and O–H groups in total. The summed E-state index contributed by atoms with van der Waals surface area (Å²) in [6.45, 7) is 13.9. The summed E-state index contributed by atoms with van der Waals surface area (Å²) < 4.78 is 20.0. The summed E-state index contributed by atoms with van der Waals surface area (Å²) >= 11 is 0. The highest BCUT2D eigenvalue weighted by Crippen LogP contribution is 2.21. The van der Waals surface area contributed by atoms with Gasteiger partial charge in [0.1, 0.15) is 5.82 Å². The minimum atomic E-state index is -0.456. The molecule has 1 aliphatic rings. The van der Waals surface area contributed by atoms with E-state index in [4.69, 9.17) is 4.74 Å². The van der Waals surface area contributed by atoms with E-state index in [-0.39, 0.29) is 29.6 Å². The molecule has 142 valence electrons. The van der Waals surface area contributed by atoms with E-state index in [1.54, 1.807) is 13.0 Å². The van der Waals surface area contributed by atoms with Gasteiger partial charge in [-0.1, -0.05) is 12.1 Å². The van der Waals surface area contributed by atoms with Crippen molar-refractivity contribution in [3.8, 4) is 0 Å². The molecule has 1 aromatic rings. The molecular formula is C20H33FN2O2. The molecule has 0 amide bonds. The van der Waals surface area contributed by atoms with Crippen molar-refractivity contribution in [3.63, 3.8) is 0 Å². The van der Waals surface area contributed by atoms with E-state index >= 15 is 0 Å². The third-order valence-electron chi connectivity index (χ3n) is 4.77. The monoisotopic (exact) mass is 352 g/mol. The average molecular weight is 352 g/mol. The van der Waals surface area contributed by atoms with E-state index in [9.17, 15) is 9.50 Å². The van der Waals surface area contributed by atoms with Gasteiger partial charge >= 0.3 is 0 Å². The van der Waals surface area contributed by atoms with Crippen molar-refractivity contribution in [3.05, 3.63) is 35.1 Å². The lowest BCUT2D eigenvalue weighted by Gasteiger charge is -2.44. The normalized spacial score (nSPS) is 25.0. The lowest BCUT2D eigenvalue weighted by atomic mass is 10.00. The molecule has 0 radical (unpaired) electrons. The molecule has 4 atom stereocenters. The Morgan fingerprint density at radius 3 is 2.60 bits per heavy atom. The van der Waals surface area contributed by atoms with Crippen LogP contribution in [-0.4, -0.2) is 53.0 Å². The van der Waals surface area contributed by atoms with E-state index in [2.05, 4.69) is 37.9 Å². The van der Waals surface area contributed by atoms with Crippen LogP contribution in [-0.2, 0) is 11.3 Å². The zero-order valence-corrected chi connectivity index (χ0v) is 16.3. The van der Waals surface area contributed by atoms with Crippen molar-refractivity contribution in [2.45, 2.75) is 78.0 Å². The SMILES string of the molecule is Cc1ccc(CN2CC(C(C)OC(C)(C)C)NCC2C(C)O)cc1F. The van der Waals surface area contributed by atoms with Gasteiger partial charge < -0.3 is 15.2 Å². The highest BCUT2D eigenvalue weighted by atomic mass is 19.1. The maximum Gasteiger partial charge on any atom is 0.126 e. The first-order chi connectivity index (χ1) is 11.6. The van der Waals surface area contributed by atoms with E-state index in [0.717, 1.165) is 12.1 Å². The Labute approximate surface area is 151 Å². The summed E-state index contributed by atoms with van der Waals surface area (Å²) in [6, 6.07) is 5.55. The van der Waals surface area contributed by atoms with Gasteiger partial charge in [-0.3, -0.25) is 4.90 Å². The molecule has 2 rings (SSSR count). The number of hydrogen-bond acceptors (Lipinski definition) is 4. The third kappa shape index (κ3) is 5.74. The number of aliphatic hydroxyl groups excluding tert-OH is 1. The van der Waals surface area contributed by atoms with Gasteiger partial charge in [0.25, 0.3) is 0 Å². The predicted molar refractivity (Wildman–Crippen MR) is 99.1 cm³/mol. The van der Waals surface area contributed by atoms with Gasteiger partial charge in [-0.15, -0.1) is 0 Å². The van der Waals surface area contributed by atoms with Crippen molar-refractivity contribution in [1.82, 2.24) is 10.2 Å². The maximum absolute atomic E-state index is 13.9. The van der Waals surface area contributed by atoms with Crippen LogP contribution in [0.5, 0.6) is 0 Å². The molecule has 0 saturated carbocycles. The lowest BCUT2D eigenvalue weighted by molar-refractivity contribution is -0.0839. The fraction of sp³-hybridized carbons (Fsp3) is 0.700. The number of hydrogen-bond donors (Lipinski definition) is 2. The summed E-state index contributed by atoms with van der Waals surface area (Å²) in [5.41, 5.74) is 1.38. The van der Waals surface area contributed by atoms with Gasteiger partial charge in [0.2, 0.25) is 0 Å². The molecule has 1 heterocycles. The maximum atomic E-state index is 13.9. The summed E-state index contributed by atoms with van der Waals surface area (Å²) in [4.78, 5) is 2.23. The van der Waals surface area contributed by atoms with Crippen LogP contribution in [0.15, 0.2) is 18.2 Å². The highest BCUT2D eigenvalue weighted by Gasteiger charge is 2.34. The molecule has 1 saturated heterocycles. The largest absolute Gasteiger partial charge is 0.392 e. The summed E-state index contributed by atoms with van der Waals surface area (Å²) in [5, 5.41) is 13.7. The van der Waals surface area contributed by atoms with Crippen molar-refractivity contribution in [2.24, 2.45) is 0 Å². The van der Waals surface area contributed by atoms with Gasteiger partial charge in [-0.05, 0) is 58.7 Å². The van der Waals surface area contributed by atoms with Crippen LogP contribution in [0.3, 0.4) is 0 Å². The van der Waals surface area contributed by atoms with Crippen LogP contribution in [0.2, 0.25) is 0 Å². The number of nitrogens with zero attached hydrogens (tertiary/aromatic N) is 1. The Morgan fingerprint density at radius 1 is 1.36 bits per heavy atom. The Balaban J connectivity index is 2.11. The number of piperazine rings is 1. The van der Waals surface area contributed by atoms with E-state index in [1.165, 1.54) is 0 Å². The molecular weight excluding hydrogens is 319 g/mol. The highest BCUT2D eigenvalue weighted by molar-refractivity contribution is 5.23. The zero-order valence-electron chi connectivity index (χ0n) is 16.3. The molecule has 5 heteroatoms. The van der Waals surface area contributed by atoms with Gasteiger partial charge in [0.05, 0.1) is 17.8 Å².